The number of thiazole rings is 1. The SMILES string of the molecule is COc1cc2nc(NC(=O)NCCCc3ccccc3)sc2cc1OC. The van der Waals surface area contributed by atoms with Crippen LogP contribution in [0, 0.1) is 0 Å². The molecule has 0 aliphatic heterocycles. The molecule has 1 heterocycles. The summed E-state index contributed by atoms with van der Waals surface area (Å²) in [5, 5.41) is 6.18. The molecule has 2 amide bonds. The van der Waals surface area contributed by atoms with Crippen LogP contribution in [0.15, 0.2) is 42.5 Å². The fraction of sp³-hybridized carbons (Fsp3) is 0.263. The summed E-state index contributed by atoms with van der Waals surface area (Å²) >= 11 is 1.39. The lowest BCUT2D eigenvalue weighted by Crippen LogP contribution is -2.29. The highest BCUT2D eigenvalue weighted by atomic mass is 32.1. The van der Waals surface area contributed by atoms with Gasteiger partial charge in [0.15, 0.2) is 16.6 Å². The van der Waals surface area contributed by atoms with E-state index in [1.54, 1.807) is 20.3 Å². The number of amides is 2. The van der Waals surface area contributed by atoms with Crippen LogP contribution in [0.1, 0.15) is 12.0 Å². The molecule has 0 atom stereocenters. The number of hydrogen-bond donors (Lipinski definition) is 2. The number of fused-ring (bicyclic) bond motifs is 1. The maximum atomic E-state index is 12.0. The summed E-state index contributed by atoms with van der Waals surface area (Å²) < 4.78 is 11.5. The second-order valence-corrected chi connectivity index (χ2v) is 6.69. The lowest BCUT2D eigenvalue weighted by molar-refractivity contribution is 0.252. The van der Waals surface area contributed by atoms with Crippen LogP contribution in [0.25, 0.3) is 10.2 Å². The molecule has 7 heteroatoms. The Labute approximate surface area is 156 Å². The van der Waals surface area contributed by atoms with Crippen LogP contribution in [0.2, 0.25) is 0 Å². The normalized spacial score (nSPS) is 10.5. The fourth-order valence-corrected chi connectivity index (χ4v) is 3.46. The molecule has 0 aliphatic rings. The number of rotatable bonds is 7. The molecule has 3 rings (SSSR count). The number of carbonyl (C=O) groups excluding carboxylic acids is 1. The van der Waals surface area contributed by atoms with Crippen LogP contribution in [-0.4, -0.2) is 31.8 Å². The number of aryl methyl sites for hydroxylation is 1. The number of hydrogen-bond acceptors (Lipinski definition) is 5. The molecule has 0 fully saturated rings. The lowest BCUT2D eigenvalue weighted by Gasteiger charge is -2.05. The van der Waals surface area contributed by atoms with Crippen LogP contribution < -0.4 is 20.1 Å². The number of aromatic nitrogens is 1. The summed E-state index contributed by atoms with van der Waals surface area (Å²) in [5.41, 5.74) is 2.02. The van der Waals surface area contributed by atoms with Gasteiger partial charge in [0.2, 0.25) is 0 Å². The van der Waals surface area contributed by atoms with Crippen molar-refractivity contribution in [1.29, 1.82) is 0 Å². The first-order chi connectivity index (χ1) is 12.7. The Bertz CT molecular complexity index is 839. The second-order valence-electron chi connectivity index (χ2n) is 5.66. The van der Waals surface area contributed by atoms with Crippen molar-refractivity contribution in [3.05, 3.63) is 48.0 Å². The van der Waals surface area contributed by atoms with Gasteiger partial charge in [-0.05, 0) is 18.4 Å². The molecule has 0 saturated carbocycles. The Morgan fingerprint density at radius 2 is 1.85 bits per heavy atom. The largest absolute Gasteiger partial charge is 0.493 e. The third-order valence-electron chi connectivity index (χ3n) is 3.88. The van der Waals surface area contributed by atoms with Gasteiger partial charge >= 0.3 is 6.03 Å². The predicted molar refractivity (Wildman–Crippen MR) is 105 cm³/mol. The number of benzene rings is 2. The first kappa shape index (κ1) is 18.0. The number of nitrogens with one attached hydrogen (secondary N) is 2. The van der Waals surface area contributed by atoms with Crippen LogP contribution in [0.3, 0.4) is 0 Å². The molecular formula is C19H21N3O3S. The van der Waals surface area contributed by atoms with E-state index in [1.807, 2.05) is 24.3 Å². The fourth-order valence-electron chi connectivity index (χ4n) is 2.59. The standard InChI is InChI=1S/C19H21N3O3S/c1-24-15-11-14-17(12-16(15)25-2)26-19(21-14)22-18(23)20-10-6-9-13-7-4-3-5-8-13/h3-5,7-8,11-12H,6,9-10H2,1-2H3,(H2,20,21,22,23). The van der Waals surface area contributed by atoms with Crippen molar-refractivity contribution in [2.24, 2.45) is 0 Å². The van der Waals surface area contributed by atoms with E-state index in [9.17, 15) is 4.79 Å². The quantitative estimate of drug-likeness (QED) is 0.614. The Hall–Kier alpha value is -2.80. The van der Waals surface area contributed by atoms with E-state index >= 15 is 0 Å². The summed E-state index contributed by atoms with van der Waals surface area (Å²) in [4.78, 5) is 16.5. The van der Waals surface area contributed by atoms with Crippen LogP contribution in [0.5, 0.6) is 11.5 Å². The summed E-state index contributed by atoms with van der Waals surface area (Å²) in [6.07, 6.45) is 1.81. The molecule has 0 spiro atoms. The van der Waals surface area contributed by atoms with Gasteiger partial charge in [0, 0.05) is 18.7 Å². The smallest absolute Gasteiger partial charge is 0.321 e. The zero-order chi connectivity index (χ0) is 18.4. The molecule has 2 aromatic carbocycles. The summed E-state index contributed by atoms with van der Waals surface area (Å²) in [6, 6.07) is 13.6. The first-order valence-electron chi connectivity index (χ1n) is 8.31. The summed E-state index contributed by atoms with van der Waals surface area (Å²) in [5.74, 6) is 1.25. The van der Waals surface area contributed by atoms with Crippen molar-refractivity contribution in [1.82, 2.24) is 10.3 Å². The molecule has 0 aliphatic carbocycles. The molecule has 0 saturated heterocycles. The molecule has 0 radical (unpaired) electrons. The van der Waals surface area contributed by atoms with E-state index in [2.05, 4.69) is 27.8 Å². The van der Waals surface area contributed by atoms with Crippen LogP contribution in [0.4, 0.5) is 9.93 Å². The van der Waals surface area contributed by atoms with Gasteiger partial charge in [-0.3, -0.25) is 5.32 Å². The highest BCUT2D eigenvalue weighted by molar-refractivity contribution is 7.22. The average molecular weight is 371 g/mol. The Balaban J connectivity index is 1.54. The highest BCUT2D eigenvalue weighted by Gasteiger charge is 2.12. The minimum absolute atomic E-state index is 0.254. The first-order valence-corrected chi connectivity index (χ1v) is 9.12. The van der Waals surface area contributed by atoms with Gasteiger partial charge in [0.05, 0.1) is 24.4 Å². The van der Waals surface area contributed by atoms with E-state index < -0.39 is 0 Å². The van der Waals surface area contributed by atoms with E-state index in [0.29, 0.717) is 23.2 Å². The zero-order valence-corrected chi connectivity index (χ0v) is 15.6. The number of urea groups is 1. The van der Waals surface area contributed by atoms with Gasteiger partial charge in [-0.15, -0.1) is 0 Å². The van der Waals surface area contributed by atoms with Crippen LogP contribution >= 0.6 is 11.3 Å². The van der Waals surface area contributed by atoms with Crippen molar-refractivity contribution >= 4 is 32.7 Å². The maximum absolute atomic E-state index is 12.0. The highest BCUT2D eigenvalue weighted by Crippen LogP contribution is 2.36. The molecule has 6 nitrogen and oxygen atoms in total. The van der Waals surface area contributed by atoms with E-state index in [-0.39, 0.29) is 6.03 Å². The van der Waals surface area contributed by atoms with Gasteiger partial charge in [0.1, 0.15) is 0 Å². The third-order valence-corrected chi connectivity index (χ3v) is 4.82. The summed E-state index contributed by atoms with van der Waals surface area (Å²) in [6.45, 7) is 0.604. The topological polar surface area (TPSA) is 72.5 Å². The zero-order valence-electron chi connectivity index (χ0n) is 14.7. The number of methoxy groups -OCH3 is 2. The number of ether oxygens (including phenoxy) is 2. The monoisotopic (exact) mass is 371 g/mol. The van der Waals surface area contributed by atoms with E-state index in [1.165, 1.54) is 16.9 Å². The van der Waals surface area contributed by atoms with Gasteiger partial charge in [0.25, 0.3) is 0 Å². The van der Waals surface area contributed by atoms with E-state index in [0.717, 1.165) is 23.1 Å². The number of carbonyl (C=O) groups is 1. The van der Waals surface area contributed by atoms with Gasteiger partial charge in [-0.1, -0.05) is 41.7 Å². The molecule has 3 aromatic rings. The lowest BCUT2D eigenvalue weighted by atomic mass is 10.1. The van der Waals surface area contributed by atoms with Crippen molar-refractivity contribution in [3.8, 4) is 11.5 Å². The molecule has 26 heavy (non-hydrogen) atoms. The molecule has 0 unspecified atom stereocenters. The Morgan fingerprint density at radius 1 is 1.12 bits per heavy atom. The Morgan fingerprint density at radius 3 is 2.58 bits per heavy atom. The molecule has 2 N–H and O–H groups in total. The van der Waals surface area contributed by atoms with E-state index in [4.69, 9.17) is 9.47 Å². The second kappa shape index (κ2) is 8.53. The van der Waals surface area contributed by atoms with Crippen molar-refractivity contribution in [2.45, 2.75) is 12.8 Å². The van der Waals surface area contributed by atoms with Gasteiger partial charge < -0.3 is 14.8 Å². The average Bonchev–Trinajstić information content (AvgIpc) is 3.05. The van der Waals surface area contributed by atoms with Crippen molar-refractivity contribution in [2.75, 3.05) is 26.1 Å². The number of nitrogens with zero attached hydrogens (tertiary/aromatic N) is 1. The minimum atomic E-state index is -0.254. The van der Waals surface area contributed by atoms with Crippen molar-refractivity contribution in [3.63, 3.8) is 0 Å². The maximum Gasteiger partial charge on any atom is 0.321 e. The third kappa shape index (κ3) is 4.43. The van der Waals surface area contributed by atoms with Crippen molar-refractivity contribution < 1.29 is 14.3 Å². The predicted octanol–water partition coefficient (Wildman–Crippen LogP) is 4.07. The van der Waals surface area contributed by atoms with Gasteiger partial charge in [-0.2, -0.15) is 0 Å². The molecule has 0 bridgehead atoms. The van der Waals surface area contributed by atoms with Gasteiger partial charge in [-0.25, -0.2) is 9.78 Å². The number of anilines is 1. The Kier molecular flexibility index (Phi) is 5.91. The van der Waals surface area contributed by atoms with Crippen LogP contribution in [-0.2, 0) is 6.42 Å². The minimum Gasteiger partial charge on any atom is -0.493 e. The molecule has 136 valence electrons. The molecular weight excluding hydrogens is 350 g/mol. The molecule has 1 aromatic heterocycles. The summed E-state index contributed by atoms with van der Waals surface area (Å²) in [7, 11) is 3.17.